The lowest BCUT2D eigenvalue weighted by molar-refractivity contribution is 0.412. The summed E-state index contributed by atoms with van der Waals surface area (Å²) in [4.78, 5) is 12.6. The van der Waals surface area contributed by atoms with Crippen LogP contribution < -0.4 is 15.9 Å². The molecule has 0 radical (unpaired) electrons. The summed E-state index contributed by atoms with van der Waals surface area (Å²) in [5, 5.41) is 9.36. The van der Waals surface area contributed by atoms with E-state index >= 15 is 0 Å². The molecule has 3 N–H and O–H groups in total. The smallest absolute Gasteiger partial charge is 0.168 e. The fourth-order valence-electron chi connectivity index (χ4n) is 2.58. The lowest BCUT2D eigenvalue weighted by atomic mass is 10.3. The van der Waals surface area contributed by atoms with E-state index in [4.69, 9.17) is 10.5 Å². The summed E-state index contributed by atoms with van der Waals surface area (Å²) in [5.74, 6) is 1.70. The minimum Gasteiger partial charge on any atom is -0.494 e. The van der Waals surface area contributed by atoms with Crippen molar-refractivity contribution >= 4 is 28.9 Å². The van der Waals surface area contributed by atoms with Crippen LogP contribution in [-0.4, -0.2) is 38.1 Å². The van der Waals surface area contributed by atoms with Crippen LogP contribution in [0.25, 0.3) is 16.7 Å². The molecule has 0 spiro atoms. The van der Waals surface area contributed by atoms with Gasteiger partial charge < -0.3 is 10.5 Å². The molecule has 0 aliphatic heterocycles. The topological polar surface area (TPSA) is 116 Å². The van der Waals surface area contributed by atoms with Crippen molar-refractivity contribution in [1.29, 1.82) is 0 Å². The van der Waals surface area contributed by atoms with Crippen LogP contribution in [-0.2, 0) is 0 Å². The first-order valence-electron chi connectivity index (χ1n) is 8.09. The second-order valence-electron chi connectivity index (χ2n) is 5.57. The maximum absolute atomic E-state index is 5.57. The fraction of sp³-hybridized carbons (Fsp3) is 0.0556. The minimum absolute atomic E-state index is 0.460. The van der Waals surface area contributed by atoms with Crippen molar-refractivity contribution < 1.29 is 4.74 Å². The number of para-hydroxylation sites is 2. The third-order valence-corrected chi connectivity index (χ3v) is 3.87. The number of nitrogens with one attached hydrogen (secondary N) is 1. The van der Waals surface area contributed by atoms with E-state index in [1.807, 2.05) is 30.3 Å². The first-order chi connectivity index (χ1) is 13.3. The molecular formula is C18H16N8O. The van der Waals surface area contributed by atoms with Crippen molar-refractivity contribution in [2.75, 3.05) is 18.3 Å². The van der Waals surface area contributed by atoms with Crippen LogP contribution in [0.2, 0.25) is 0 Å². The van der Waals surface area contributed by atoms with Gasteiger partial charge in [-0.15, -0.1) is 0 Å². The molecule has 4 rings (SSSR count). The highest BCUT2D eigenvalue weighted by Gasteiger charge is 2.13. The molecule has 9 heteroatoms. The Morgan fingerprint density at radius 3 is 2.81 bits per heavy atom. The van der Waals surface area contributed by atoms with Gasteiger partial charge in [-0.3, -0.25) is 5.43 Å². The van der Waals surface area contributed by atoms with Crippen molar-refractivity contribution in [3.8, 4) is 11.4 Å². The monoisotopic (exact) mass is 360 g/mol. The summed E-state index contributed by atoms with van der Waals surface area (Å²) >= 11 is 0. The van der Waals surface area contributed by atoms with E-state index in [2.05, 4.69) is 30.6 Å². The van der Waals surface area contributed by atoms with Gasteiger partial charge in [0.2, 0.25) is 0 Å². The maximum atomic E-state index is 5.57. The second kappa shape index (κ2) is 7.08. The van der Waals surface area contributed by atoms with Gasteiger partial charge in [0.05, 0.1) is 24.9 Å². The molecule has 3 heterocycles. The number of hydrogen-bond donors (Lipinski definition) is 2. The van der Waals surface area contributed by atoms with E-state index in [0.29, 0.717) is 23.0 Å². The molecule has 0 aliphatic carbocycles. The van der Waals surface area contributed by atoms with Crippen molar-refractivity contribution in [2.45, 2.75) is 0 Å². The van der Waals surface area contributed by atoms with Crippen LogP contribution in [0.3, 0.4) is 0 Å². The number of rotatable bonds is 5. The number of aromatic nitrogens is 5. The number of pyridine rings is 1. The number of nitrogens with zero attached hydrogens (tertiary/aromatic N) is 6. The Hall–Kier alpha value is -4.01. The van der Waals surface area contributed by atoms with Crippen molar-refractivity contribution in [3.05, 3.63) is 60.7 Å². The van der Waals surface area contributed by atoms with Crippen LogP contribution in [0.5, 0.6) is 5.75 Å². The third kappa shape index (κ3) is 3.25. The summed E-state index contributed by atoms with van der Waals surface area (Å²) in [7, 11) is 1.62. The number of nitrogens with two attached hydrogens (primary N) is 1. The Morgan fingerprint density at radius 1 is 1.11 bits per heavy atom. The zero-order chi connectivity index (χ0) is 18.6. The second-order valence-corrected chi connectivity index (χ2v) is 5.57. The van der Waals surface area contributed by atoms with E-state index in [1.165, 1.54) is 6.33 Å². The number of anilines is 2. The zero-order valence-electron chi connectivity index (χ0n) is 14.4. The van der Waals surface area contributed by atoms with Gasteiger partial charge in [-0.2, -0.15) is 10.2 Å². The van der Waals surface area contributed by atoms with Crippen LogP contribution in [0.15, 0.2) is 60.2 Å². The summed E-state index contributed by atoms with van der Waals surface area (Å²) in [6, 6.07) is 11.1. The van der Waals surface area contributed by atoms with Crippen LogP contribution >= 0.6 is 0 Å². The van der Waals surface area contributed by atoms with Gasteiger partial charge in [0.1, 0.15) is 23.6 Å². The minimum atomic E-state index is 0.460. The summed E-state index contributed by atoms with van der Waals surface area (Å²) < 4.78 is 7.12. The molecule has 0 bridgehead atoms. The van der Waals surface area contributed by atoms with E-state index in [9.17, 15) is 0 Å². The highest BCUT2D eigenvalue weighted by molar-refractivity contribution is 5.88. The number of hydrazone groups is 1. The number of hydrogen-bond acceptors (Lipinski definition) is 8. The highest BCUT2D eigenvalue weighted by atomic mass is 16.5. The predicted molar refractivity (Wildman–Crippen MR) is 103 cm³/mol. The van der Waals surface area contributed by atoms with E-state index < -0.39 is 0 Å². The number of benzene rings is 1. The van der Waals surface area contributed by atoms with Crippen molar-refractivity contribution in [1.82, 2.24) is 24.7 Å². The molecule has 0 fully saturated rings. The molecule has 1 aromatic carbocycles. The van der Waals surface area contributed by atoms with Gasteiger partial charge in [0.15, 0.2) is 11.5 Å². The number of nitrogen functional groups attached to an aromatic ring is 1. The van der Waals surface area contributed by atoms with E-state index in [0.717, 1.165) is 16.6 Å². The average molecular weight is 360 g/mol. The van der Waals surface area contributed by atoms with Gasteiger partial charge >= 0.3 is 0 Å². The standard InChI is InChI=1S/C18H16N8O/c1-27-15-5-3-2-4-14(15)26-18-13(10-24-26)17(21-11-22-18)25-23-9-12-6-7-16(19)20-8-12/h2-11H,1H3,(H2,19,20)(H,21,22,25)/b23-9+. The Balaban J connectivity index is 1.65. The summed E-state index contributed by atoms with van der Waals surface area (Å²) in [6.07, 6.45) is 6.41. The van der Waals surface area contributed by atoms with Crippen LogP contribution in [0.1, 0.15) is 5.56 Å². The Kier molecular flexibility index (Phi) is 4.32. The fourth-order valence-corrected chi connectivity index (χ4v) is 2.58. The van der Waals surface area contributed by atoms with Crippen LogP contribution in [0.4, 0.5) is 11.6 Å². The maximum Gasteiger partial charge on any atom is 0.168 e. The lowest BCUT2D eigenvalue weighted by Crippen LogP contribution is -2.01. The van der Waals surface area contributed by atoms with Gasteiger partial charge in [0, 0.05) is 11.8 Å². The molecule has 0 aliphatic rings. The van der Waals surface area contributed by atoms with Crippen molar-refractivity contribution in [3.63, 3.8) is 0 Å². The highest BCUT2D eigenvalue weighted by Crippen LogP contribution is 2.26. The average Bonchev–Trinajstić information content (AvgIpc) is 3.14. The molecule has 4 aromatic rings. The normalized spacial score (nSPS) is 11.1. The molecule has 3 aromatic heterocycles. The largest absolute Gasteiger partial charge is 0.494 e. The van der Waals surface area contributed by atoms with Gasteiger partial charge in [0.25, 0.3) is 0 Å². The van der Waals surface area contributed by atoms with Crippen molar-refractivity contribution in [2.24, 2.45) is 5.10 Å². The molecule has 0 amide bonds. The van der Waals surface area contributed by atoms with Gasteiger partial charge in [-0.25, -0.2) is 19.6 Å². The number of methoxy groups -OCH3 is 1. The first kappa shape index (κ1) is 16.5. The molecule has 0 saturated carbocycles. The third-order valence-electron chi connectivity index (χ3n) is 3.87. The zero-order valence-corrected chi connectivity index (χ0v) is 14.4. The Morgan fingerprint density at radius 2 is 2.00 bits per heavy atom. The summed E-state index contributed by atoms with van der Waals surface area (Å²) in [6.45, 7) is 0. The SMILES string of the molecule is COc1ccccc1-n1ncc2c(N/N=C/c3ccc(N)nc3)ncnc21. The van der Waals surface area contributed by atoms with Crippen LogP contribution in [0, 0.1) is 0 Å². The number of ether oxygens (including phenoxy) is 1. The first-order valence-corrected chi connectivity index (χ1v) is 8.09. The Bertz CT molecular complexity index is 1100. The van der Waals surface area contributed by atoms with E-state index in [-0.39, 0.29) is 0 Å². The molecule has 0 saturated heterocycles. The summed E-state index contributed by atoms with van der Waals surface area (Å²) in [5.41, 5.74) is 10.7. The Labute approximate surface area is 154 Å². The quantitative estimate of drug-likeness (QED) is 0.414. The number of fused-ring (bicyclic) bond motifs is 1. The molecule has 0 unspecified atom stereocenters. The predicted octanol–water partition coefficient (Wildman–Crippen LogP) is 2.25. The molecular weight excluding hydrogens is 344 g/mol. The molecule has 134 valence electrons. The molecule has 0 atom stereocenters. The molecule has 9 nitrogen and oxygen atoms in total. The molecule has 27 heavy (non-hydrogen) atoms. The van der Waals surface area contributed by atoms with E-state index in [1.54, 1.807) is 36.5 Å². The van der Waals surface area contributed by atoms with Gasteiger partial charge in [-0.1, -0.05) is 12.1 Å². The lowest BCUT2D eigenvalue weighted by Gasteiger charge is -2.08. The van der Waals surface area contributed by atoms with Gasteiger partial charge in [-0.05, 0) is 24.3 Å².